The Hall–Kier alpha value is -0.200. The lowest BCUT2D eigenvalue weighted by Crippen LogP contribution is -2.51. The Bertz CT molecular complexity index is 193. The van der Waals surface area contributed by atoms with Crippen molar-refractivity contribution in [3.63, 3.8) is 0 Å². The summed E-state index contributed by atoms with van der Waals surface area (Å²) < 4.78 is 11.0. The first-order valence-electron chi connectivity index (χ1n) is 5.90. The molecule has 0 bridgehead atoms. The summed E-state index contributed by atoms with van der Waals surface area (Å²) in [6.45, 7) is 3.72. The second kappa shape index (κ2) is 6.51. The van der Waals surface area contributed by atoms with Crippen LogP contribution in [0.1, 0.15) is 33.1 Å². The maximum absolute atomic E-state index is 9.59. The molecule has 1 rings (SSSR count). The van der Waals surface area contributed by atoms with E-state index in [2.05, 4.69) is 0 Å². The van der Waals surface area contributed by atoms with E-state index >= 15 is 0 Å². The number of aliphatic hydroxyl groups is 3. The Morgan fingerprint density at radius 2 is 1.94 bits per heavy atom. The number of hydrogen-bond acceptors (Lipinski definition) is 5. The molecule has 3 N–H and O–H groups in total. The Morgan fingerprint density at radius 1 is 1.31 bits per heavy atom. The van der Waals surface area contributed by atoms with Gasteiger partial charge in [-0.3, -0.25) is 0 Å². The zero-order valence-electron chi connectivity index (χ0n) is 9.87. The van der Waals surface area contributed by atoms with E-state index in [1.165, 1.54) is 0 Å². The van der Waals surface area contributed by atoms with E-state index in [-0.39, 0.29) is 19.1 Å². The topological polar surface area (TPSA) is 79.2 Å². The zero-order chi connectivity index (χ0) is 12.1. The van der Waals surface area contributed by atoms with Crippen LogP contribution in [0.5, 0.6) is 0 Å². The largest absolute Gasteiger partial charge is 0.394 e. The summed E-state index contributed by atoms with van der Waals surface area (Å²) in [5.41, 5.74) is 0. The third kappa shape index (κ3) is 3.40. The zero-order valence-corrected chi connectivity index (χ0v) is 9.87. The molecule has 1 aliphatic rings. The first kappa shape index (κ1) is 13.9. The molecule has 1 heterocycles. The van der Waals surface area contributed by atoms with E-state index in [1.54, 1.807) is 0 Å². The van der Waals surface area contributed by atoms with Crippen LogP contribution >= 0.6 is 0 Å². The van der Waals surface area contributed by atoms with Crippen molar-refractivity contribution < 1.29 is 24.8 Å². The molecule has 5 nitrogen and oxygen atoms in total. The van der Waals surface area contributed by atoms with Crippen molar-refractivity contribution in [1.29, 1.82) is 0 Å². The summed E-state index contributed by atoms with van der Waals surface area (Å²) in [5.74, 6) is 0. The van der Waals surface area contributed by atoms with Gasteiger partial charge in [0.15, 0.2) is 6.29 Å². The molecule has 0 aromatic carbocycles. The van der Waals surface area contributed by atoms with Crippen LogP contribution in [-0.2, 0) is 9.47 Å². The maximum atomic E-state index is 9.59. The summed E-state index contributed by atoms with van der Waals surface area (Å²) in [6.07, 6.45) is -1.15. The molecule has 0 aliphatic carbocycles. The molecule has 96 valence electrons. The minimum atomic E-state index is -1.04. The molecule has 0 saturated carbocycles. The van der Waals surface area contributed by atoms with Gasteiger partial charge >= 0.3 is 0 Å². The fourth-order valence-electron chi connectivity index (χ4n) is 1.85. The van der Waals surface area contributed by atoms with Crippen LogP contribution in [0.2, 0.25) is 0 Å². The van der Waals surface area contributed by atoms with Gasteiger partial charge in [0.25, 0.3) is 0 Å². The van der Waals surface area contributed by atoms with Crippen LogP contribution in [0.25, 0.3) is 0 Å². The van der Waals surface area contributed by atoms with Gasteiger partial charge in [-0.2, -0.15) is 0 Å². The van der Waals surface area contributed by atoms with Gasteiger partial charge in [0, 0.05) is 6.42 Å². The molecule has 4 atom stereocenters. The van der Waals surface area contributed by atoms with Crippen LogP contribution < -0.4 is 0 Å². The fraction of sp³-hybridized carbons (Fsp3) is 1.00. The van der Waals surface area contributed by atoms with Gasteiger partial charge in [-0.25, -0.2) is 0 Å². The van der Waals surface area contributed by atoms with Gasteiger partial charge in [-0.05, 0) is 12.8 Å². The summed E-state index contributed by atoms with van der Waals surface area (Å²) >= 11 is 0. The van der Waals surface area contributed by atoms with E-state index in [0.29, 0.717) is 0 Å². The highest BCUT2D eigenvalue weighted by Gasteiger charge is 2.37. The highest BCUT2D eigenvalue weighted by molar-refractivity contribution is 4.82. The van der Waals surface area contributed by atoms with Crippen LogP contribution in [0, 0.1) is 0 Å². The van der Waals surface area contributed by atoms with E-state index in [9.17, 15) is 10.2 Å². The lowest BCUT2D eigenvalue weighted by molar-refractivity contribution is -0.269. The van der Waals surface area contributed by atoms with Crippen molar-refractivity contribution in [2.45, 2.75) is 63.8 Å². The molecule has 0 unspecified atom stereocenters. The van der Waals surface area contributed by atoms with E-state index in [4.69, 9.17) is 14.6 Å². The van der Waals surface area contributed by atoms with Crippen LogP contribution in [0.15, 0.2) is 0 Å². The van der Waals surface area contributed by atoms with Crippen LogP contribution in [-0.4, -0.2) is 52.6 Å². The number of aliphatic hydroxyl groups excluding tert-OH is 3. The lowest BCUT2D eigenvalue weighted by atomic mass is 10.0. The molecule has 0 spiro atoms. The molecule has 0 aromatic rings. The van der Waals surface area contributed by atoms with E-state index in [0.717, 1.165) is 12.8 Å². The quantitative estimate of drug-likeness (QED) is 0.625. The molecule has 16 heavy (non-hydrogen) atoms. The predicted octanol–water partition coefficient (Wildman–Crippen LogP) is 0.0207. The average Bonchev–Trinajstić information content (AvgIpc) is 2.30. The van der Waals surface area contributed by atoms with Gasteiger partial charge in [-0.1, -0.05) is 13.8 Å². The van der Waals surface area contributed by atoms with Gasteiger partial charge in [0.05, 0.1) is 18.8 Å². The standard InChI is InChI=1S/C11H22O5/c1-3-7(4-2)15-10-5-8(13)11(14)9(6-12)16-10/h7-14H,3-6H2,1-2H3/t8-,9-,10-,11-/m1/s1. The highest BCUT2D eigenvalue weighted by atomic mass is 16.7. The average molecular weight is 234 g/mol. The van der Waals surface area contributed by atoms with Gasteiger partial charge in [-0.15, -0.1) is 0 Å². The van der Waals surface area contributed by atoms with Gasteiger partial charge < -0.3 is 24.8 Å². The molecular formula is C11H22O5. The number of rotatable bonds is 5. The van der Waals surface area contributed by atoms with E-state index < -0.39 is 24.6 Å². The molecule has 1 saturated heterocycles. The van der Waals surface area contributed by atoms with Crippen molar-refractivity contribution in [2.75, 3.05) is 6.61 Å². The molecule has 1 aliphatic heterocycles. The van der Waals surface area contributed by atoms with Crippen molar-refractivity contribution >= 4 is 0 Å². The molecule has 1 fully saturated rings. The predicted molar refractivity (Wildman–Crippen MR) is 57.8 cm³/mol. The van der Waals surface area contributed by atoms with Crippen molar-refractivity contribution in [3.05, 3.63) is 0 Å². The minimum Gasteiger partial charge on any atom is -0.394 e. The van der Waals surface area contributed by atoms with Crippen molar-refractivity contribution in [2.24, 2.45) is 0 Å². The molecule has 0 radical (unpaired) electrons. The molecule has 0 amide bonds. The Balaban J connectivity index is 2.49. The Kier molecular flexibility index (Phi) is 5.64. The third-order valence-corrected chi connectivity index (χ3v) is 2.97. The van der Waals surface area contributed by atoms with Crippen molar-refractivity contribution in [1.82, 2.24) is 0 Å². The summed E-state index contributed by atoms with van der Waals surface area (Å²) in [5, 5.41) is 28.1. The van der Waals surface area contributed by atoms with Crippen LogP contribution in [0.3, 0.4) is 0 Å². The summed E-state index contributed by atoms with van der Waals surface area (Å²) in [6, 6.07) is 0. The van der Waals surface area contributed by atoms with Gasteiger partial charge in [0.1, 0.15) is 12.2 Å². The highest BCUT2D eigenvalue weighted by Crippen LogP contribution is 2.23. The molecular weight excluding hydrogens is 212 g/mol. The summed E-state index contributed by atoms with van der Waals surface area (Å²) in [7, 11) is 0. The fourth-order valence-corrected chi connectivity index (χ4v) is 1.85. The number of hydrogen-bond donors (Lipinski definition) is 3. The first-order chi connectivity index (χ1) is 7.62. The normalized spacial score (nSPS) is 35.6. The molecule has 5 heteroatoms. The van der Waals surface area contributed by atoms with E-state index in [1.807, 2.05) is 13.8 Å². The maximum Gasteiger partial charge on any atom is 0.161 e. The first-order valence-corrected chi connectivity index (χ1v) is 5.90. The second-order valence-corrected chi connectivity index (χ2v) is 4.15. The monoisotopic (exact) mass is 234 g/mol. The second-order valence-electron chi connectivity index (χ2n) is 4.15. The summed E-state index contributed by atoms with van der Waals surface area (Å²) in [4.78, 5) is 0. The molecule has 0 aromatic heterocycles. The lowest BCUT2D eigenvalue weighted by Gasteiger charge is -2.37. The smallest absolute Gasteiger partial charge is 0.161 e. The van der Waals surface area contributed by atoms with Crippen molar-refractivity contribution in [3.8, 4) is 0 Å². The Morgan fingerprint density at radius 3 is 2.44 bits per heavy atom. The van der Waals surface area contributed by atoms with Crippen LogP contribution in [0.4, 0.5) is 0 Å². The number of ether oxygens (including phenoxy) is 2. The Labute approximate surface area is 96.0 Å². The minimum absolute atomic E-state index is 0.0896. The SMILES string of the molecule is CCC(CC)O[C@H]1C[C@@H](O)[C@@H](O)[C@@H](CO)O1. The third-order valence-electron chi connectivity index (χ3n) is 2.97. The van der Waals surface area contributed by atoms with Gasteiger partial charge in [0.2, 0.25) is 0 Å².